The zero-order valence-electron chi connectivity index (χ0n) is 22.0. The van der Waals surface area contributed by atoms with Gasteiger partial charge in [-0.3, -0.25) is 13.8 Å². The lowest BCUT2D eigenvalue weighted by Crippen LogP contribution is -2.23. The Morgan fingerprint density at radius 1 is 0.833 bits per heavy atom. The minimum atomic E-state index is -4.25. The zero-order valence-corrected chi connectivity index (χ0v) is 22.9. The predicted molar refractivity (Wildman–Crippen MR) is 145 cm³/mol. The van der Waals surface area contributed by atoms with Gasteiger partial charge in [-0.1, -0.05) is 74.8 Å². The molecule has 36 heavy (non-hydrogen) atoms. The van der Waals surface area contributed by atoms with Gasteiger partial charge in [0, 0.05) is 13.0 Å². The highest BCUT2D eigenvalue weighted by atomic mass is 31.2. The van der Waals surface area contributed by atoms with Crippen LogP contribution < -0.4 is 5.73 Å². The van der Waals surface area contributed by atoms with Crippen LogP contribution in [0.15, 0.2) is 48.6 Å². The van der Waals surface area contributed by atoms with Gasteiger partial charge in [0.2, 0.25) is 0 Å². The first-order chi connectivity index (χ1) is 17.4. The number of carbonyl (C=O) groups excluding carboxylic acids is 1. The second kappa shape index (κ2) is 25.1. The van der Waals surface area contributed by atoms with Gasteiger partial charge in [-0.25, -0.2) is 4.57 Å². The summed E-state index contributed by atoms with van der Waals surface area (Å²) in [6.07, 6.45) is 28.2. The number of phosphoric ester groups is 1. The second-order valence-corrected chi connectivity index (χ2v) is 9.86. The monoisotopic (exact) mass is 529 g/mol. The molecule has 9 heteroatoms. The molecule has 0 aliphatic rings. The van der Waals surface area contributed by atoms with E-state index in [0.717, 1.165) is 38.5 Å². The number of nitrogens with two attached hydrogens (primary N) is 1. The van der Waals surface area contributed by atoms with Gasteiger partial charge in [-0.05, 0) is 51.4 Å². The van der Waals surface area contributed by atoms with Gasteiger partial charge in [0.15, 0.2) is 0 Å². The fraction of sp³-hybridized carbons (Fsp3) is 0.667. The summed E-state index contributed by atoms with van der Waals surface area (Å²) in [6.45, 7) is 1.36. The van der Waals surface area contributed by atoms with Crippen molar-refractivity contribution in [1.29, 1.82) is 0 Å². The number of rotatable bonds is 24. The molecular formula is C27H48NO7P. The molecule has 208 valence electrons. The van der Waals surface area contributed by atoms with E-state index in [1.54, 1.807) is 0 Å². The molecule has 0 fully saturated rings. The van der Waals surface area contributed by atoms with Crippen LogP contribution in [0.2, 0.25) is 0 Å². The minimum Gasteiger partial charge on any atom is -0.463 e. The van der Waals surface area contributed by atoms with E-state index < -0.39 is 26.5 Å². The number of ether oxygens (including phenoxy) is 1. The molecule has 0 spiro atoms. The van der Waals surface area contributed by atoms with Crippen molar-refractivity contribution >= 4 is 13.8 Å². The van der Waals surface area contributed by atoms with Crippen LogP contribution in [0.25, 0.3) is 0 Å². The summed E-state index contributed by atoms with van der Waals surface area (Å²) in [7, 11) is -4.25. The van der Waals surface area contributed by atoms with Gasteiger partial charge in [0.05, 0.1) is 13.2 Å². The van der Waals surface area contributed by atoms with Gasteiger partial charge in [0.1, 0.15) is 12.7 Å². The summed E-state index contributed by atoms with van der Waals surface area (Å²) in [5.41, 5.74) is 5.17. The fourth-order valence-electron chi connectivity index (χ4n) is 2.96. The van der Waals surface area contributed by atoms with Crippen molar-refractivity contribution in [2.75, 3.05) is 26.4 Å². The van der Waals surface area contributed by atoms with Crippen LogP contribution in [0, 0.1) is 0 Å². The number of hydrogen-bond donors (Lipinski definition) is 3. The molecule has 0 aliphatic carbocycles. The maximum Gasteiger partial charge on any atom is 0.472 e. The van der Waals surface area contributed by atoms with Crippen LogP contribution >= 0.6 is 7.82 Å². The van der Waals surface area contributed by atoms with Crippen LogP contribution in [0.5, 0.6) is 0 Å². The fourth-order valence-corrected chi connectivity index (χ4v) is 3.74. The van der Waals surface area contributed by atoms with E-state index in [4.69, 9.17) is 10.5 Å². The lowest BCUT2D eigenvalue weighted by Gasteiger charge is -2.15. The first-order valence-corrected chi connectivity index (χ1v) is 14.7. The van der Waals surface area contributed by atoms with Crippen molar-refractivity contribution in [3.63, 3.8) is 0 Å². The van der Waals surface area contributed by atoms with Crippen LogP contribution in [-0.4, -0.2) is 48.4 Å². The van der Waals surface area contributed by atoms with Gasteiger partial charge in [-0.15, -0.1) is 0 Å². The molecule has 1 unspecified atom stereocenters. The highest BCUT2D eigenvalue weighted by molar-refractivity contribution is 7.47. The van der Waals surface area contributed by atoms with Crippen molar-refractivity contribution in [3.8, 4) is 0 Å². The average molecular weight is 530 g/mol. The summed E-state index contributed by atoms with van der Waals surface area (Å²) in [5, 5.41) is 9.69. The topological polar surface area (TPSA) is 128 Å². The normalized spacial score (nSPS) is 14.9. The number of allylic oxidation sites excluding steroid dienone is 8. The highest BCUT2D eigenvalue weighted by Crippen LogP contribution is 2.42. The Morgan fingerprint density at radius 3 is 1.94 bits per heavy atom. The summed E-state index contributed by atoms with van der Waals surface area (Å²) in [4.78, 5) is 21.0. The van der Waals surface area contributed by atoms with E-state index in [2.05, 4.69) is 64.6 Å². The number of hydrogen-bond acceptors (Lipinski definition) is 7. The maximum absolute atomic E-state index is 11.7. The van der Waals surface area contributed by atoms with E-state index in [9.17, 15) is 19.4 Å². The van der Waals surface area contributed by atoms with Crippen LogP contribution in [0.1, 0.15) is 84.0 Å². The minimum absolute atomic E-state index is 0.0671. The predicted octanol–water partition coefficient (Wildman–Crippen LogP) is 5.91. The third-order valence-corrected chi connectivity index (χ3v) is 5.93. The SMILES string of the molecule is CCCCCC=CCC=CCC=CCC=CCCCCCC(=O)OC[C@@H](O)COP(=O)(O)OCCN. The third-order valence-electron chi connectivity index (χ3n) is 4.95. The van der Waals surface area contributed by atoms with Crippen molar-refractivity contribution in [3.05, 3.63) is 48.6 Å². The quantitative estimate of drug-likeness (QED) is 0.0609. The smallest absolute Gasteiger partial charge is 0.463 e. The summed E-state index contributed by atoms with van der Waals surface area (Å²) in [6, 6.07) is 0. The van der Waals surface area contributed by atoms with Crippen molar-refractivity contribution in [1.82, 2.24) is 0 Å². The summed E-state index contributed by atoms with van der Waals surface area (Å²) < 4.78 is 25.5. The van der Waals surface area contributed by atoms with Crippen LogP contribution in [0.4, 0.5) is 0 Å². The largest absolute Gasteiger partial charge is 0.472 e. The standard InChI is InChI=1S/C27H48NO7P/c1-2-3-4-5-6-7-8-9-10-11-12-13-14-15-16-17-18-19-20-21-27(30)33-24-26(29)25-35-36(31,32)34-23-22-28/h6-7,9-10,12-13,15-16,26,29H,2-5,8,11,14,17-25,28H2,1H3,(H,31,32)/t26-/m1/s1. The molecular weight excluding hydrogens is 481 g/mol. The maximum atomic E-state index is 11.7. The first-order valence-electron chi connectivity index (χ1n) is 13.2. The molecule has 8 nitrogen and oxygen atoms in total. The molecule has 0 rings (SSSR count). The molecule has 0 aliphatic heterocycles. The number of phosphoric acid groups is 1. The second-order valence-electron chi connectivity index (χ2n) is 8.41. The van der Waals surface area contributed by atoms with Gasteiger partial charge >= 0.3 is 13.8 Å². The number of unbranched alkanes of at least 4 members (excludes halogenated alkanes) is 6. The van der Waals surface area contributed by atoms with Gasteiger partial charge in [-0.2, -0.15) is 0 Å². The molecule has 0 heterocycles. The van der Waals surface area contributed by atoms with Crippen LogP contribution in [-0.2, 0) is 23.1 Å². The Bertz CT molecular complexity index is 692. The van der Waals surface area contributed by atoms with Crippen molar-refractivity contribution < 1.29 is 33.1 Å². The first kappa shape index (κ1) is 34.5. The molecule has 4 N–H and O–H groups in total. The molecule has 0 bridgehead atoms. The molecule has 0 aromatic carbocycles. The zero-order chi connectivity index (χ0) is 26.7. The number of esters is 1. The third kappa shape index (κ3) is 25.5. The molecule has 0 amide bonds. The molecule has 0 aromatic rings. The molecule has 0 saturated carbocycles. The number of carbonyl (C=O) groups is 1. The van der Waals surface area contributed by atoms with E-state index in [0.29, 0.717) is 6.42 Å². The van der Waals surface area contributed by atoms with Gasteiger partial charge < -0.3 is 20.5 Å². The number of aliphatic hydroxyl groups is 1. The average Bonchev–Trinajstić information content (AvgIpc) is 2.86. The summed E-state index contributed by atoms with van der Waals surface area (Å²) in [5.74, 6) is -0.418. The van der Waals surface area contributed by atoms with Crippen molar-refractivity contribution in [2.24, 2.45) is 5.73 Å². The van der Waals surface area contributed by atoms with Crippen LogP contribution in [0.3, 0.4) is 0 Å². The Morgan fingerprint density at radius 2 is 1.39 bits per heavy atom. The van der Waals surface area contributed by atoms with E-state index in [-0.39, 0.29) is 26.2 Å². The highest BCUT2D eigenvalue weighted by Gasteiger charge is 2.22. The Labute approximate surface area is 217 Å². The molecule has 0 radical (unpaired) electrons. The Kier molecular flexibility index (Phi) is 24.0. The summed E-state index contributed by atoms with van der Waals surface area (Å²) >= 11 is 0. The lowest BCUT2D eigenvalue weighted by atomic mass is 10.1. The molecule has 0 saturated heterocycles. The molecule has 0 aromatic heterocycles. The lowest BCUT2D eigenvalue weighted by molar-refractivity contribution is -0.147. The molecule has 2 atom stereocenters. The number of aliphatic hydroxyl groups excluding tert-OH is 1. The van der Waals surface area contributed by atoms with E-state index >= 15 is 0 Å². The Balaban J connectivity index is 3.61. The van der Waals surface area contributed by atoms with Crippen molar-refractivity contribution in [2.45, 2.75) is 90.1 Å². The Hall–Kier alpha value is -1.54. The van der Waals surface area contributed by atoms with E-state index in [1.807, 2.05) is 0 Å². The van der Waals surface area contributed by atoms with Gasteiger partial charge in [0.25, 0.3) is 0 Å². The van der Waals surface area contributed by atoms with E-state index in [1.165, 1.54) is 25.7 Å².